The molecule has 0 amide bonds. The van der Waals surface area contributed by atoms with Crippen LogP contribution >= 0.6 is 15.9 Å². The molecule has 0 saturated heterocycles. The van der Waals surface area contributed by atoms with E-state index in [1.165, 1.54) is 31.4 Å². The molecule has 2 saturated carbocycles. The van der Waals surface area contributed by atoms with Crippen LogP contribution in [-0.2, 0) is 6.54 Å². The van der Waals surface area contributed by atoms with Crippen molar-refractivity contribution in [1.29, 1.82) is 0 Å². The zero-order valence-electron chi connectivity index (χ0n) is 7.54. The van der Waals surface area contributed by atoms with Gasteiger partial charge in [-0.15, -0.1) is 0 Å². The number of hydrogen-bond acceptors (Lipinski definition) is 1. The van der Waals surface area contributed by atoms with Gasteiger partial charge in [-0.25, -0.2) is 0 Å². The van der Waals surface area contributed by atoms with Gasteiger partial charge in [-0.3, -0.25) is 4.68 Å². The summed E-state index contributed by atoms with van der Waals surface area (Å²) in [5.74, 6) is 1.74. The Hall–Kier alpha value is -0.310. The highest BCUT2D eigenvalue weighted by Gasteiger charge is 2.30. The normalized spacial score (nSPS) is 22.2. The van der Waals surface area contributed by atoms with Crippen LogP contribution in [-0.4, -0.2) is 9.78 Å². The molecule has 0 N–H and O–H groups in total. The second-order valence-electron chi connectivity index (χ2n) is 4.29. The van der Waals surface area contributed by atoms with Crippen molar-refractivity contribution in [2.75, 3.05) is 0 Å². The Labute approximate surface area is 86.4 Å². The molecule has 1 heterocycles. The standard InChI is InChI=1S/C10H13BrN2/c11-10-5-9(8-3-4-8)13(12-10)6-7-1-2-7/h5,7-8H,1-4,6H2. The highest BCUT2D eigenvalue weighted by molar-refractivity contribution is 9.10. The van der Waals surface area contributed by atoms with Gasteiger partial charge in [0, 0.05) is 18.2 Å². The van der Waals surface area contributed by atoms with Crippen LogP contribution in [0.3, 0.4) is 0 Å². The van der Waals surface area contributed by atoms with Crippen LogP contribution in [0.2, 0.25) is 0 Å². The van der Waals surface area contributed by atoms with Crippen molar-refractivity contribution in [3.8, 4) is 0 Å². The molecule has 70 valence electrons. The molecule has 0 bridgehead atoms. The molecule has 3 heteroatoms. The van der Waals surface area contributed by atoms with Gasteiger partial charge in [0.15, 0.2) is 0 Å². The lowest BCUT2D eigenvalue weighted by molar-refractivity contribution is 0.538. The topological polar surface area (TPSA) is 17.8 Å². The minimum absolute atomic E-state index is 0.817. The smallest absolute Gasteiger partial charge is 0.128 e. The molecule has 2 fully saturated rings. The predicted molar refractivity (Wildman–Crippen MR) is 54.6 cm³/mol. The van der Waals surface area contributed by atoms with Crippen LogP contribution < -0.4 is 0 Å². The van der Waals surface area contributed by atoms with E-state index in [9.17, 15) is 0 Å². The first-order valence-electron chi connectivity index (χ1n) is 5.06. The SMILES string of the molecule is Brc1cc(C2CC2)n(CC2CC2)n1. The lowest BCUT2D eigenvalue weighted by Gasteiger charge is -2.03. The molecule has 0 atom stereocenters. The summed E-state index contributed by atoms with van der Waals surface area (Å²) < 4.78 is 3.23. The van der Waals surface area contributed by atoms with Crippen molar-refractivity contribution in [2.45, 2.75) is 38.1 Å². The summed E-state index contributed by atoms with van der Waals surface area (Å²) in [6, 6.07) is 2.19. The van der Waals surface area contributed by atoms with Gasteiger partial charge in [-0.1, -0.05) is 0 Å². The summed E-state index contributed by atoms with van der Waals surface area (Å²) in [7, 11) is 0. The third-order valence-electron chi connectivity index (χ3n) is 2.90. The Morgan fingerprint density at radius 1 is 1.38 bits per heavy atom. The largest absolute Gasteiger partial charge is 0.268 e. The van der Waals surface area contributed by atoms with Crippen LogP contribution in [0.15, 0.2) is 10.7 Å². The van der Waals surface area contributed by atoms with Crippen LogP contribution in [0.4, 0.5) is 0 Å². The van der Waals surface area contributed by atoms with E-state index < -0.39 is 0 Å². The molecule has 0 radical (unpaired) electrons. The number of hydrogen-bond donors (Lipinski definition) is 0. The van der Waals surface area contributed by atoms with Crippen molar-refractivity contribution in [3.63, 3.8) is 0 Å². The quantitative estimate of drug-likeness (QED) is 0.795. The molecule has 13 heavy (non-hydrogen) atoms. The second-order valence-corrected chi connectivity index (χ2v) is 5.10. The van der Waals surface area contributed by atoms with E-state index in [1.807, 2.05) is 0 Å². The number of halogens is 1. The van der Waals surface area contributed by atoms with Gasteiger partial charge in [-0.05, 0) is 53.6 Å². The zero-order chi connectivity index (χ0) is 8.84. The molecule has 0 aromatic carbocycles. The van der Waals surface area contributed by atoms with Gasteiger partial charge in [0.05, 0.1) is 0 Å². The Morgan fingerprint density at radius 2 is 2.15 bits per heavy atom. The molecular formula is C10H13BrN2. The minimum Gasteiger partial charge on any atom is -0.268 e. The first-order valence-corrected chi connectivity index (χ1v) is 5.85. The molecular weight excluding hydrogens is 228 g/mol. The summed E-state index contributed by atoms with van der Waals surface area (Å²) in [4.78, 5) is 0. The first-order chi connectivity index (χ1) is 6.33. The molecule has 0 unspecified atom stereocenters. The fourth-order valence-corrected chi connectivity index (χ4v) is 2.22. The van der Waals surface area contributed by atoms with Crippen LogP contribution in [0.5, 0.6) is 0 Å². The van der Waals surface area contributed by atoms with E-state index in [1.54, 1.807) is 0 Å². The molecule has 1 aromatic heterocycles. The Balaban J connectivity index is 1.86. The molecule has 2 aliphatic rings. The van der Waals surface area contributed by atoms with Crippen LogP contribution in [0, 0.1) is 5.92 Å². The molecule has 0 spiro atoms. The number of aromatic nitrogens is 2. The van der Waals surface area contributed by atoms with Gasteiger partial charge in [0.2, 0.25) is 0 Å². The van der Waals surface area contributed by atoms with Crippen LogP contribution in [0.25, 0.3) is 0 Å². The second kappa shape index (κ2) is 2.84. The third kappa shape index (κ3) is 1.66. The monoisotopic (exact) mass is 240 g/mol. The van der Waals surface area contributed by atoms with Crippen LogP contribution in [0.1, 0.15) is 37.3 Å². The molecule has 0 aliphatic heterocycles. The van der Waals surface area contributed by atoms with E-state index in [-0.39, 0.29) is 0 Å². The first kappa shape index (κ1) is 8.04. The lowest BCUT2D eigenvalue weighted by Crippen LogP contribution is -2.05. The van der Waals surface area contributed by atoms with E-state index >= 15 is 0 Å². The minimum atomic E-state index is 0.817. The van der Waals surface area contributed by atoms with Gasteiger partial charge in [0.25, 0.3) is 0 Å². The average Bonchev–Trinajstić information content (AvgIpc) is 2.94. The Kier molecular flexibility index (Phi) is 1.76. The van der Waals surface area contributed by atoms with E-state index in [0.717, 1.165) is 23.0 Å². The van der Waals surface area contributed by atoms with Gasteiger partial charge >= 0.3 is 0 Å². The fraction of sp³-hybridized carbons (Fsp3) is 0.700. The maximum absolute atomic E-state index is 4.49. The number of nitrogens with zero attached hydrogens (tertiary/aromatic N) is 2. The maximum atomic E-state index is 4.49. The fourth-order valence-electron chi connectivity index (χ4n) is 1.80. The Bertz CT molecular complexity index is 324. The van der Waals surface area contributed by atoms with Crippen molar-refractivity contribution >= 4 is 15.9 Å². The highest BCUT2D eigenvalue weighted by Crippen LogP contribution is 2.42. The van der Waals surface area contributed by atoms with Crippen molar-refractivity contribution in [3.05, 3.63) is 16.4 Å². The third-order valence-corrected chi connectivity index (χ3v) is 3.29. The summed E-state index contributed by atoms with van der Waals surface area (Å²) >= 11 is 3.46. The van der Waals surface area contributed by atoms with Crippen molar-refractivity contribution in [1.82, 2.24) is 9.78 Å². The zero-order valence-corrected chi connectivity index (χ0v) is 9.13. The highest BCUT2D eigenvalue weighted by atomic mass is 79.9. The summed E-state index contributed by atoms with van der Waals surface area (Å²) in [6.07, 6.45) is 5.54. The van der Waals surface area contributed by atoms with E-state index in [0.29, 0.717) is 0 Å². The Morgan fingerprint density at radius 3 is 2.77 bits per heavy atom. The van der Waals surface area contributed by atoms with Gasteiger partial charge in [0.1, 0.15) is 4.60 Å². The summed E-state index contributed by atoms with van der Waals surface area (Å²) in [5, 5.41) is 4.49. The number of rotatable bonds is 3. The summed E-state index contributed by atoms with van der Waals surface area (Å²) in [6.45, 7) is 1.15. The lowest BCUT2D eigenvalue weighted by atomic mass is 10.3. The van der Waals surface area contributed by atoms with Gasteiger partial charge < -0.3 is 0 Å². The van der Waals surface area contributed by atoms with Gasteiger partial charge in [-0.2, -0.15) is 5.10 Å². The molecule has 3 rings (SSSR count). The molecule has 2 aliphatic carbocycles. The van der Waals surface area contributed by atoms with E-state index in [4.69, 9.17) is 0 Å². The van der Waals surface area contributed by atoms with Crippen molar-refractivity contribution in [2.24, 2.45) is 5.92 Å². The average molecular weight is 241 g/mol. The van der Waals surface area contributed by atoms with Crippen molar-refractivity contribution < 1.29 is 0 Å². The summed E-state index contributed by atoms with van der Waals surface area (Å²) in [5.41, 5.74) is 1.46. The molecule has 2 nitrogen and oxygen atoms in total. The maximum Gasteiger partial charge on any atom is 0.128 e. The van der Waals surface area contributed by atoms with E-state index in [2.05, 4.69) is 31.8 Å². The predicted octanol–water partition coefficient (Wildman–Crippen LogP) is 2.93. The molecule has 1 aromatic rings.